The van der Waals surface area contributed by atoms with Crippen LogP contribution < -0.4 is 5.56 Å². The number of aromatic hydroxyl groups is 1. The van der Waals surface area contributed by atoms with Crippen LogP contribution in [0.5, 0.6) is 5.88 Å². The second kappa shape index (κ2) is 3.28. The molecule has 0 fully saturated rings. The van der Waals surface area contributed by atoms with E-state index in [9.17, 15) is 9.90 Å². The molecule has 4 heteroatoms. The normalized spacial score (nSPS) is 10.2. The Hall–Kier alpha value is -1.19. The van der Waals surface area contributed by atoms with Crippen molar-refractivity contribution < 1.29 is 5.11 Å². The first-order valence-corrected chi connectivity index (χ1v) is 4.21. The summed E-state index contributed by atoms with van der Waals surface area (Å²) >= 11 is 0. The number of rotatable bonds is 1. The summed E-state index contributed by atoms with van der Waals surface area (Å²) in [6.45, 7) is 7.13. The van der Waals surface area contributed by atoms with Crippen LogP contribution in [-0.4, -0.2) is 17.0 Å². The van der Waals surface area contributed by atoms with Gasteiger partial charge in [0.05, 0.1) is 0 Å². The lowest BCUT2D eigenvalue weighted by atomic mass is 9.96. The highest BCUT2D eigenvalue weighted by Gasteiger charge is 2.11. The Morgan fingerprint density at radius 2 is 1.69 bits per heavy atom. The van der Waals surface area contributed by atoms with E-state index in [0.717, 1.165) is 11.1 Å². The Morgan fingerprint density at radius 1 is 1.15 bits per heavy atom. The molecule has 1 aromatic rings. The highest BCUT2D eigenvalue weighted by atomic mass is 16.3. The molecule has 1 heterocycles. The maximum Gasteiger partial charge on any atom is 0.257 e. The van der Waals surface area contributed by atoms with Gasteiger partial charge >= 0.3 is 0 Å². The van der Waals surface area contributed by atoms with E-state index >= 15 is 0 Å². The fraction of sp³-hybridized carbons (Fsp3) is 0.444. The molecule has 0 saturated heterocycles. The zero-order valence-electron chi connectivity index (χ0n) is 8.38. The summed E-state index contributed by atoms with van der Waals surface area (Å²) in [5, 5.41) is 9.62. The number of hydrogen-bond donors (Lipinski definition) is 1. The molecule has 0 aliphatic heterocycles. The molecule has 1 aromatic heterocycles. The Labute approximate surface area is 78.3 Å². The average Bonchev–Trinajstić information content (AvgIpc) is 2.13. The van der Waals surface area contributed by atoms with E-state index in [0.29, 0.717) is 5.56 Å². The van der Waals surface area contributed by atoms with Crippen molar-refractivity contribution in [1.29, 1.82) is 0 Å². The zero-order valence-corrected chi connectivity index (χ0v) is 8.38. The van der Waals surface area contributed by atoms with Gasteiger partial charge in [-0.2, -0.15) is 0 Å². The van der Waals surface area contributed by atoms with Crippen molar-refractivity contribution in [3.63, 3.8) is 0 Å². The maximum atomic E-state index is 11.6. The molecule has 0 aliphatic carbocycles. The fourth-order valence-electron chi connectivity index (χ4n) is 1.31. The summed E-state index contributed by atoms with van der Waals surface area (Å²) < 4.78 is 1.26. The molecule has 0 bridgehead atoms. The fourth-order valence-corrected chi connectivity index (χ4v) is 1.31. The highest BCUT2D eigenvalue weighted by Crippen LogP contribution is 2.18. The molecule has 0 amide bonds. The molecule has 69 valence electrons. The molecular formula is C9H13BNO2. The Bertz CT molecular complexity index is 396. The highest BCUT2D eigenvalue weighted by molar-refractivity contribution is 6.32. The molecule has 1 N–H and O–H groups in total. The lowest BCUT2D eigenvalue weighted by Gasteiger charge is -2.12. The van der Waals surface area contributed by atoms with Gasteiger partial charge in [-0.3, -0.25) is 4.79 Å². The van der Waals surface area contributed by atoms with Gasteiger partial charge < -0.3 is 9.58 Å². The van der Waals surface area contributed by atoms with Gasteiger partial charge in [0.15, 0.2) is 5.88 Å². The van der Waals surface area contributed by atoms with Crippen LogP contribution in [0.4, 0.5) is 0 Å². The third-order valence-electron chi connectivity index (χ3n) is 2.49. The van der Waals surface area contributed by atoms with Crippen molar-refractivity contribution in [3.05, 3.63) is 27.0 Å². The van der Waals surface area contributed by atoms with Crippen molar-refractivity contribution in [2.45, 2.75) is 27.6 Å². The van der Waals surface area contributed by atoms with Gasteiger partial charge in [0.1, 0.15) is 0 Å². The van der Waals surface area contributed by atoms with Crippen LogP contribution in [0.2, 0.25) is 6.82 Å². The van der Waals surface area contributed by atoms with Gasteiger partial charge in [0, 0.05) is 11.1 Å². The monoisotopic (exact) mass is 178 g/mol. The molecule has 0 aliphatic rings. The van der Waals surface area contributed by atoms with E-state index in [1.807, 2.05) is 6.92 Å². The largest absolute Gasteiger partial charge is 0.495 e. The smallest absolute Gasteiger partial charge is 0.257 e. The second-order valence-electron chi connectivity index (χ2n) is 3.13. The van der Waals surface area contributed by atoms with Crippen LogP contribution in [0.1, 0.15) is 16.7 Å². The molecule has 3 nitrogen and oxygen atoms in total. The summed E-state index contributed by atoms with van der Waals surface area (Å²) in [6.07, 6.45) is 0. The van der Waals surface area contributed by atoms with E-state index in [4.69, 9.17) is 0 Å². The number of nitrogens with zero attached hydrogens (tertiary/aromatic N) is 1. The second-order valence-corrected chi connectivity index (χ2v) is 3.13. The quantitative estimate of drug-likeness (QED) is 0.651. The standard InChI is InChI=1S/C9H13BNO2/c1-5-6(2)8(12)11(10-4)9(13)7(5)3/h12H,1-4H3. The van der Waals surface area contributed by atoms with Gasteiger partial charge in [0.25, 0.3) is 7.41 Å². The van der Waals surface area contributed by atoms with Gasteiger partial charge in [-0.1, -0.05) is 6.82 Å². The lowest BCUT2D eigenvalue weighted by Crippen LogP contribution is -2.26. The molecule has 1 rings (SSSR count). The van der Waals surface area contributed by atoms with Crippen LogP contribution in [-0.2, 0) is 0 Å². The number of pyridine rings is 1. The number of hydrogen-bond acceptors (Lipinski definition) is 2. The van der Waals surface area contributed by atoms with Gasteiger partial charge in [-0.25, -0.2) is 0 Å². The topological polar surface area (TPSA) is 42.2 Å². The van der Waals surface area contributed by atoms with Gasteiger partial charge in [-0.15, -0.1) is 0 Å². The minimum absolute atomic E-state index is 0.0376. The molecule has 0 atom stereocenters. The average molecular weight is 178 g/mol. The maximum absolute atomic E-state index is 11.6. The minimum atomic E-state index is -0.150. The first-order valence-electron chi connectivity index (χ1n) is 4.21. The predicted molar refractivity (Wildman–Crippen MR) is 53.6 cm³/mol. The third-order valence-corrected chi connectivity index (χ3v) is 2.49. The summed E-state index contributed by atoms with van der Waals surface area (Å²) in [6, 6.07) is 0. The zero-order chi connectivity index (χ0) is 10.2. The van der Waals surface area contributed by atoms with E-state index in [1.165, 1.54) is 4.48 Å². The third kappa shape index (κ3) is 1.36. The Balaban J connectivity index is 3.67. The SMILES string of the molecule is C[B]n1c(O)c(C)c(C)c(C)c1=O. The summed E-state index contributed by atoms with van der Waals surface area (Å²) in [7, 11) is 1.57. The predicted octanol–water partition coefficient (Wildman–Crippen LogP) is 0.995. The molecular weight excluding hydrogens is 165 g/mol. The summed E-state index contributed by atoms with van der Waals surface area (Å²) in [5.74, 6) is 0.0376. The van der Waals surface area contributed by atoms with Gasteiger partial charge in [0.2, 0.25) is 5.56 Å². The number of aromatic nitrogens is 1. The molecule has 13 heavy (non-hydrogen) atoms. The van der Waals surface area contributed by atoms with E-state index in [-0.39, 0.29) is 11.4 Å². The van der Waals surface area contributed by atoms with Crippen molar-refractivity contribution in [1.82, 2.24) is 4.48 Å². The molecule has 0 aromatic carbocycles. The van der Waals surface area contributed by atoms with Crippen LogP contribution >= 0.6 is 0 Å². The summed E-state index contributed by atoms with van der Waals surface area (Å²) in [4.78, 5) is 11.6. The Kier molecular flexibility index (Phi) is 2.50. The van der Waals surface area contributed by atoms with E-state index in [2.05, 4.69) is 0 Å². The van der Waals surface area contributed by atoms with Gasteiger partial charge in [-0.05, 0) is 26.3 Å². The summed E-state index contributed by atoms with van der Waals surface area (Å²) in [5.41, 5.74) is 2.16. The minimum Gasteiger partial charge on any atom is -0.495 e. The van der Waals surface area contributed by atoms with Crippen LogP contribution in [0, 0.1) is 20.8 Å². The van der Waals surface area contributed by atoms with E-state index in [1.54, 1.807) is 28.1 Å². The van der Waals surface area contributed by atoms with Crippen molar-refractivity contribution >= 4 is 7.41 Å². The molecule has 0 saturated carbocycles. The molecule has 1 radical (unpaired) electrons. The van der Waals surface area contributed by atoms with Crippen LogP contribution in [0.25, 0.3) is 0 Å². The van der Waals surface area contributed by atoms with Crippen molar-refractivity contribution in [3.8, 4) is 5.88 Å². The molecule has 0 spiro atoms. The van der Waals surface area contributed by atoms with Crippen LogP contribution in [0.15, 0.2) is 4.79 Å². The first kappa shape index (κ1) is 9.90. The van der Waals surface area contributed by atoms with Crippen LogP contribution in [0.3, 0.4) is 0 Å². The van der Waals surface area contributed by atoms with Crippen molar-refractivity contribution in [2.24, 2.45) is 0 Å². The lowest BCUT2D eigenvalue weighted by molar-refractivity contribution is 0.437. The molecule has 0 unspecified atom stereocenters. The van der Waals surface area contributed by atoms with E-state index < -0.39 is 0 Å². The first-order chi connectivity index (χ1) is 6.00. The Morgan fingerprint density at radius 3 is 2.15 bits per heavy atom. The van der Waals surface area contributed by atoms with Crippen molar-refractivity contribution in [2.75, 3.05) is 0 Å².